The first-order chi connectivity index (χ1) is 14.4. The lowest BCUT2D eigenvalue weighted by atomic mass is 10.1. The summed E-state index contributed by atoms with van der Waals surface area (Å²) in [5, 5.41) is 18.0. The third-order valence-electron chi connectivity index (χ3n) is 4.71. The summed E-state index contributed by atoms with van der Waals surface area (Å²) in [4.78, 5) is 8.71. The van der Waals surface area contributed by atoms with E-state index in [0.29, 0.717) is 17.3 Å². The second-order valence-electron chi connectivity index (χ2n) is 6.74. The van der Waals surface area contributed by atoms with E-state index in [2.05, 4.69) is 25.5 Å². The fraction of sp³-hybridized carbons (Fsp3) is 0.0526. The van der Waals surface area contributed by atoms with Crippen LogP contribution in [0.15, 0.2) is 66.0 Å². The quantitative estimate of drug-likeness (QED) is 0.455. The van der Waals surface area contributed by atoms with Crippen LogP contribution in [0.25, 0.3) is 27.8 Å². The van der Waals surface area contributed by atoms with E-state index in [-0.39, 0.29) is 4.90 Å². The molecule has 3 heterocycles. The largest absolute Gasteiger partial charge is 0.323 e. The summed E-state index contributed by atoms with van der Waals surface area (Å²) < 4.78 is 26.6. The topological polar surface area (TPSA) is 133 Å². The Bertz CT molecular complexity index is 1520. The molecular formula is C19H16N8O2S. The van der Waals surface area contributed by atoms with Crippen LogP contribution in [0.1, 0.15) is 0 Å². The molecule has 3 aromatic heterocycles. The van der Waals surface area contributed by atoms with Gasteiger partial charge in [0.05, 0.1) is 34.7 Å². The van der Waals surface area contributed by atoms with Crippen LogP contribution in [-0.2, 0) is 17.1 Å². The molecular weight excluding hydrogens is 404 g/mol. The summed E-state index contributed by atoms with van der Waals surface area (Å²) in [5.74, 6) is 0.304. The summed E-state index contributed by atoms with van der Waals surface area (Å²) in [6.45, 7) is 0. The number of nitrogens with one attached hydrogen (secondary N) is 1. The standard InChI is InChI=1S/C19H16N8O2S/c1-26-16-6-5-12(7-13(16)9-22-26)17-10-21-11-18-24-19(25-27(17)18)23-14-3-2-4-15(8-14)30(20,28)29/h2-11H,1H3,(H,23,25)(H2,20,28,29). The summed E-state index contributed by atoms with van der Waals surface area (Å²) in [7, 11) is -1.91. The Morgan fingerprint density at radius 1 is 1.07 bits per heavy atom. The van der Waals surface area contributed by atoms with Crippen LogP contribution in [0.3, 0.4) is 0 Å². The van der Waals surface area contributed by atoms with E-state index in [0.717, 1.165) is 22.2 Å². The summed E-state index contributed by atoms with van der Waals surface area (Å²) in [6.07, 6.45) is 5.12. The Morgan fingerprint density at radius 2 is 1.93 bits per heavy atom. The monoisotopic (exact) mass is 420 g/mol. The Hall–Kier alpha value is -3.83. The van der Waals surface area contributed by atoms with Crippen molar-refractivity contribution in [2.75, 3.05) is 5.32 Å². The van der Waals surface area contributed by atoms with E-state index < -0.39 is 10.0 Å². The van der Waals surface area contributed by atoms with Crippen molar-refractivity contribution in [2.45, 2.75) is 4.90 Å². The minimum atomic E-state index is -3.80. The number of nitrogens with zero attached hydrogens (tertiary/aromatic N) is 6. The number of anilines is 2. The fourth-order valence-electron chi connectivity index (χ4n) is 3.27. The van der Waals surface area contributed by atoms with Crippen molar-refractivity contribution in [1.82, 2.24) is 29.4 Å². The first kappa shape index (κ1) is 18.2. The van der Waals surface area contributed by atoms with Crippen LogP contribution in [0.4, 0.5) is 11.6 Å². The molecule has 0 aliphatic heterocycles. The zero-order chi connectivity index (χ0) is 20.9. The van der Waals surface area contributed by atoms with Gasteiger partial charge in [-0.2, -0.15) is 10.1 Å². The van der Waals surface area contributed by atoms with Gasteiger partial charge in [-0.3, -0.25) is 9.67 Å². The lowest BCUT2D eigenvalue weighted by molar-refractivity contribution is 0.598. The number of hydrogen-bond acceptors (Lipinski definition) is 7. The second-order valence-corrected chi connectivity index (χ2v) is 8.30. The maximum atomic E-state index is 11.6. The Labute approximate surface area is 171 Å². The summed E-state index contributed by atoms with van der Waals surface area (Å²) in [6, 6.07) is 12.1. The number of aryl methyl sites for hydroxylation is 1. The highest BCUT2D eigenvalue weighted by atomic mass is 32.2. The van der Waals surface area contributed by atoms with E-state index in [9.17, 15) is 8.42 Å². The van der Waals surface area contributed by atoms with Crippen LogP contribution in [0.5, 0.6) is 0 Å². The van der Waals surface area contributed by atoms with Crippen molar-refractivity contribution in [3.63, 3.8) is 0 Å². The Morgan fingerprint density at radius 3 is 2.77 bits per heavy atom. The maximum Gasteiger partial charge on any atom is 0.247 e. The van der Waals surface area contributed by atoms with Gasteiger partial charge in [0.25, 0.3) is 0 Å². The second kappa shape index (κ2) is 6.61. The van der Waals surface area contributed by atoms with E-state index in [1.54, 1.807) is 35.2 Å². The maximum absolute atomic E-state index is 11.6. The molecule has 0 unspecified atom stereocenters. The molecule has 2 aromatic carbocycles. The highest BCUT2D eigenvalue weighted by Crippen LogP contribution is 2.25. The molecule has 0 atom stereocenters. The first-order valence-electron chi connectivity index (χ1n) is 8.91. The smallest absolute Gasteiger partial charge is 0.247 e. The fourth-order valence-corrected chi connectivity index (χ4v) is 3.83. The van der Waals surface area contributed by atoms with Crippen LogP contribution in [0.2, 0.25) is 0 Å². The Kier molecular flexibility index (Phi) is 4.01. The average molecular weight is 420 g/mol. The highest BCUT2D eigenvalue weighted by molar-refractivity contribution is 7.89. The predicted molar refractivity (Wildman–Crippen MR) is 112 cm³/mol. The number of rotatable bonds is 4. The van der Waals surface area contributed by atoms with E-state index >= 15 is 0 Å². The van der Waals surface area contributed by atoms with Gasteiger partial charge in [-0.25, -0.2) is 18.1 Å². The van der Waals surface area contributed by atoms with Gasteiger partial charge in [0.1, 0.15) is 0 Å². The lowest BCUT2D eigenvalue weighted by Gasteiger charge is -2.05. The zero-order valence-corrected chi connectivity index (χ0v) is 16.6. The normalized spacial score (nSPS) is 11.9. The minimum Gasteiger partial charge on any atom is -0.323 e. The molecule has 3 N–H and O–H groups in total. The summed E-state index contributed by atoms with van der Waals surface area (Å²) in [5.41, 5.74) is 3.75. The van der Waals surface area contributed by atoms with E-state index in [1.165, 1.54) is 12.1 Å². The lowest BCUT2D eigenvalue weighted by Crippen LogP contribution is -2.12. The molecule has 10 nitrogen and oxygen atoms in total. The molecule has 0 saturated carbocycles. The van der Waals surface area contributed by atoms with Crippen LogP contribution < -0.4 is 10.5 Å². The highest BCUT2D eigenvalue weighted by Gasteiger charge is 2.13. The van der Waals surface area contributed by atoms with Crippen molar-refractivity contribution < 1.29 is 8.42 Å². The third kappa shape index (κ3) is 3.15. The van der Waals surface area contributed by atoms with Crippen molar-refractivity contribution in [1.29, 1.82) is 0 Å². The Balaban J connectivity index is 1.55. The molecule has 0 aliphatic rings. The van der Waals surface area contributed by atoms with Crippen molar-refractivity contribution in [3.8, 4) is 11.3 Å². The molecule has 150 valence electrons. The molecule has 11 heteroatoms. The van der Waals surface area contributed by atoms with Gasteiger partial charge < -0.3 is 5.32 Å². The van der Waals surface area contributed by atoms with Crippen molar-refractivity contribution in [3.05, 3.63) is 61.1 Å². The van der Waals surface area contributed by atoms with Crippen LogP contribution in [-0.4, -0.2) is 37.8 Å². The van der Waals surface area contributed by atoms with Gasteiger partial charge in [0.15, 0.2) is 5.65 Å². The van der Waals surface area contributed by atoms with E-state index in [4.69, 9.17) is 5.14 Å². The van der Waals surface area contributed by atoms with Crippen molar-refractivity contribution in [2.24, 2.45) is 12.2 Å². The van der Waals surface area contributed by atoms with Gasteiger partial charge in [0.2, 0.25) is 16.0 Å². The van der Waals surface area contributed by atoms with Crippen molar-refractivity contribution >= 4 is 38.2 Å². The van der Waals surface area contributed by atoms with Crippen LogP contribution >= 0.6 is 0 Å². The number of hydrogen-bond donors (Lipinski definition) is 2. The number of aromatic nitrogens is 6. The summed E-state index contributed by atoms with van der Waals surface area (Å²) >= 11 is 0. The molecule has 0 bridgehead atoms. The number of primary sulfonamides is 1. The van der Waals surface area contributed by atoms with Gasteiger partial charge in [-0.1, -0.05) is 12.1 Å². The van der Waals surface area contributed by atoms with Gasteiger partial charge >= 0.3 is 0 Å². The molecule has 0 saturated heterocycles. The third-order valence-corrected chi connectivity index (χ3v) is 5.62. The van der Waals surface area contributed by atoms with E-state index in [1.807, 2.05) is 29.9 Å². The average Bonchev–Trinajstić information content (AvgIpc) is 3.30. The number of nitrogens with two attached hydrogens (primary N) is 1. The molecule has 5 aromatic rings. The SMILES string of the molecule is Cn1ncc2cc(-c3cncc4nc(Nc5cccc(S(N)(=O)=O)c5)nn34)ccc21. The molecule has 0 radical (unpaired) electrons. The molecule has 0 aliphatic carbocycles. The van der Waals surface area contributed by atoms with Crippen LogP contribution in [0, 0.1) is 0 Å². The number of sulfonamides is 1. The zero-order valence-electron chi connectivity index (χ0n) is 15.8. The number of fused-ring (bicyclic) bond motifs is 2. The van der Waals surface area contributed by atoms with Gasteiger partial charge in [0, 0.05) is 23.7 Å². The molecule has 30 heavy (non-hydrogen) atoms. The van der Waals surface area contributed by atoms with Gasteiger partial charge in [-0.05, 0) is 30.3 Å². The number of benzene rings is 2. The van der Waals surface area contributed by atoms with Gasteiger partial charge in [-0.15, -0.1) is 5.10 Å². The molecule has 0 amide bonds. The molecule has 5 rings (SSSR count). The predicted octanol–water partition coefficient (Wildman–Crippen LogP) is 2.07. The minimum absolute atomic E-state index is 0.00314. The molecule has 0 spiro atoms. The molecule has 0 fully saturated rings. The first-order valence-corrected chi connectivity index (χ1v) is 10.5.